The van der Waals surface area contributed by atoms with Gasteiger partial charge in [0.1, 0.15) is 6.61 Å². The molecule has 1 aromatic carbocycles. The fourth-order valence-corrected chi connectivity index (χ4v) is 3.84. The van der Waals surface area contributed by atoms with Gasteiger partial charge in [0.15, 0.2) is 0 Å². The van der Waals surface area contributed by atoms with Gasteiger partial charge in [-0.15, -0.1) is 0 Å². The Hall–Kier alpha value is -2.55. The number of carbonyl (C=O) groups is 2. The fourth-order valence-electron chi connectivity index (χ4n) is 3.84. The Balaban J connectivity index is 1.75. The van der Waals surface area contributed by atoms with E-state index in [2.05, 4.69) is 11.7 Å². The monoisotopic (exact) mass is 764 g/mol. The van der Waals surface area contributed by atoms with E-state index < -0.39 is 47.2 Å². The first-order valence-electron chi connectivity index (χ1n) is 17.4. The second kappa shape index (κ2) is 33.1. The highest BCUT2D eigenvalue weighted by Gasteiger charge is 2.28. The standard InChI is InChI=1S/C34H53F5O13/c1-2-3-4-5-6-27(40)51-26-25-50-24-23-49-22-21-48-20-19-47-18-17-46-16-15-45-14-13-44-12-11-43-10-9-42-8-7-28(41)52-34-32(38)30(36)29(35)31(37)33(34)39/h2-26H2,1H3. The summed E-state index contributed by atoms with van der Waals surface area (Å²) < 4.78 is 124. The number of halogens is 5. The van der Waals surface area contributed by atoms with Gasteiger partial charge in [0.05, 0.1) is 125 Å². The van der Waals surface area contributed by atoms with Gasteiger partial charge < -0.3 is 52.1 Å². The van der Waals surface area contributed by atoms with Gasteiger partial charge in [-0.05, 0) is 6.42 Å². The van der Waals surface area contributed by atoms with Gasteiger partial charge in [0.2, 0.25) is 34.8 Å². The number of esters is 2. The predicted octanol–water partition coefficient (Wildman–Crippen LogP) is 4.34. The Morgan fingerprint density at radius 2 is 0.712 bits per heavy atom. The second-order valence-corrected chi connectivity index (χ2v) is 10.7. The summed E-state index contributed by atoms with van der Waals surface area (Å²) in [5, 5.41) is 0. The molecule has 0 radical (unpaired) electrons. The lowest BCUT2D eigenvalue weighted by atomic mass is 10.2. The molecule has 302 valence electrons. The summed E-state index contributed by atoms with van der Waals surface area (Å²) in [4.78, 5) is 23.2. The summed E-state index contributed by atoms with van der Waals surface area (Å²) in [7, 11) is 0. The molecule has 0 N–H and O–H groups in total. The molecule has 13 nitrogen and oxygen atoms in total. The maximum absolute atomic E-state index is 13.5. The summed E-state index contributed by atoms with van der Waals surface area (Å²) in [6.45, 7) is 8.29. The first-order valence-corrected chi connectivity index (χ1v) is 17.4. The third-order valence-electron chi connectivity index (χ3n) is 6.54. The van der Waals surface area contributed by atoms with Gasteiger partial charge in [0, 0.05) is 6.42 Å². The molecular formula is C34H53F5O13. The zero-order valence-corrected chi connectivity index (χ0v) is 29.9. The molecule has 0 unspecified atom stereocenters. The lowest BCUT2D eigenvalue weighted by Crippen LogP contribution is -2.16. The van der Waals surface area contributed by atoms with Crippen molar-refractivity contribution in [2.75, 3.05) is 126 Å². The quantitative estimate of drug-likeness (QED) is 0.0240. The minimum Gasteiger partial charge on any atom is -0.463 e. The minimum absolute atomic E-state index is 0.0770. The molecule has 0 atom stereocenters. The Morgan fingerprint density at radius 3 is 1.08 bits per heavy atom. The summed E-state index contributed by atoms with van der Waals surface area (Å²) in [6.07, 6.45) is 4.15. The third-order valence-corrected chi connectivity index (χ3v) is 6.54. The molecule has 0 amide bonds. The highest BCUT2D eigenvalue weighted by atomic mass is 19.2. The topological polar surface area (TPSA) is 136 Å². The summed E-state index contributed by atoms with van der Waals surface area (Å²) >= 11 is 0. The Labute approximate surface area is 301 Å². The van der Waals surface area contributed by atoms with Crippen molar-refractivity contribution < 1.29 is 83.6 Å². The summed E-state index contributed by atoms with van der Waals surface area (Å²) in [5.41, 5.74) is 0. The van der Waals surface area contributed by atoms with E-state index in [4.69, 9.17) is 47.4 Å². The van der Waals surface area contributed by atoms with Gasteiger partial charge in [-0.3, -0.25) is 9.59 Å². The maximum Gasteiger partial charge on any atom is 0.313 e. The van der Waals surface area contributed by atoms with E-state index in [0.29, 0.717) is 98.9 Å². The van der Waals surface area contributed by atoms with Crippen molar-refractivity contribution in [3.05, 3.63) is 29.1 Å². The van der Waals surface area contributed by atoms with Crippen LogP contribution in [0.3, 0.4) is 0 Å². The molecule has 18 heteroatoms. The first kappa shape index (κ1) is 47.5. The largest absolute Gasteiger partial charge is 0.463 e. The molecule has 0 saturated carbocycles. The fraction of sp³-hybridized carbons (Fsp3) is 0.765. The van der Waals surface area contributed by atoms with Gasteiger partial charge in [0.25, 0.3) is 0 Å². The predicted molar refractivity (Wildman–Crippen MR) is 174 cm³/mol. The third kappa shape index (κ3) is 24.6. The number of hydrogen-bond acceptors (Lipinski definition) is 13. The molecule has 0 aliphatic carbocycles. The van der Waals surface area contributed by atoms with Crippen molar-refractivity contribution in [1.82, 2.24) is 0 Å². The van der Waals surface area contributed by atoms with Crippen molar-refractivity contribution in [3.8, 4) is 5.75 Å². The van der Waals surface area contributed by atoms with Crippen molar-refractivity contribution >= 4 is 11.9 Å². The maximum atomic E-state index is 13.5. The normalized spacial score (nSPS) is 11.3. The molecule has 0 fully saturated rings. The summed E-state index contributed by atoms with van der Waals surface area (Å²) in [6, 6.07) is 0. The molecular weight excluding hydrogens is 711 g/mol. The average Bonchev–Trinajstić information content (AvgIpc) is 3.14. The van der Waals surface area contributed by atoms with Crippen LogP contribution in [0.1, 0.15) is 45.4 Å². The van der Waals surface area contributed by atoms with E-state index in [1.54, 1.807) is 0 Å². The highest BCUT2D eigenvalue weighted by molar-refractivity contribution is 5.72. The van der Waals surface area contributed by atoms with Gasteiger partial charge in [-0.25, -0.2) is 13.2 Å². The van der Waals surface area contributed by atoms with E-state index in [0.717, 1.165) is 25.7 Å². The van der Waals surface area contributed by atoms with Crippen LogP contribution in [0.2, 0.25) is 0 Å². The second-order valence-electron chi connectivity index (χ2n) is 10.7. The molecule has 0 saturated heterocycles. The molecule has 0 aromatic heterocycles. The van der Waals surface area contributed by atoms with Crippen molar-refractivity contribution in [1.29, 1.82) is 0 Å². The molecule has 0 aliphatic rings. The van der Waals surface area contributed by atoms with Crippen LogP contribution in [0.4, 0.5) is 22.0 Å². The van der Waals surface area contributed by atoms with Crippen LogP contribution in [-0.4, -0.2) is 137 Å². The van der Waals surface area contributed by atoms with Crippen molar-refractivity contribution in [3.63, 3.8) is 0 Å². The smallest absolute Gasteiger partial charge is 0.313 e. The lowest BCUT2D eigenvalue weighted by Gasteiger charge is -2.09. The Bertz CT molecular complexity index is 1040. The molecule has 1 rings (SSSR count). The summed E-state index contributed by atoms with van der Waals surface area (Å²) in [5.74, 6) is -14.3. The van der Waals surface area contributed by atoms with Crippen LogP contribution in [0.25, 0.3) is 0 Å². The van der Waals surface area contributed by atoms with Crippen molar-refractivity contribution in [2.45, 2.75) is 45.4 Å². The van der Waals surface area contributed by atoms with Gasteiger partial charge in [-0.2, -0.15) is 8.78 Å². The number of carbonyl (C=O) groups excluding carboxylic acids is 2. The van der Waals surface area contributed by atoms with E-state index in [1.807, 2.05) is 0 Å². The van der Waals surface area contributed by atoms with E-state index in [1.165, 1.54) is 0 Å². The van der Waals surface area contributed by atoms with Crippen LogP contribution in [0.5, 0.6) is 5.75 Å². The van der Waals surface area contributed by atoms with Crippen molar-refractivity contribution in [2.24, 2.45) is 0 Å². The zero-order valence-electron chi connectivity index (χ0n) is 29.9. The van der Waals surface area contributed by atoms with Crippen LogP contribution in [0.15, 0.2) is 0 Å². The SMILES string of the molecule is CCCCCCC(=O)OCCOCCOCCOCCOCCOCCOCCOCCOCCOCCC(=O)Oc1c(F)c(F)c(F)c(F)c1F. The molecule has 0 bridgehead atoms. The number of unbranched alkanes of at least 4 members (excludes halogenated alkanes) is 3. The number of ether oxygens (including phenoxy) is 11. The van der Waals surface area contributed by atoms with Crippen LogP contribution in [0, 0.1) is 29.1 Å². The Kier molecular flexibility index (Phi) is 30.2. The lowest BCUT2D eigenvalue weighted by molar-refractivity contribution is -0.145. The van der Waals surface area contributed by atoms with E-state index in [9.17, 15) is 31.5 Å². The molecule has 52 heavy (non-hydrogen) atoms. The average molecular weight is 765 g/mol. The van der Waals surface area contributed by atoms with Crippen LogP contribution < -0.4 is 4.74 Å². The minimum atomic E-state index is -2.35. The molecule has 0 spiro atoms. The zero-order chi connectivity index (χ0) is 38.1. The number of rotatable bonds is 36. The molecule has 1 aromatic rings. The Morgan fingerprint density at radius 1 is 0.385 bits per heavy atom. The number of hydrogen-bond donors (Lipinski definition) is 0. The molecule has 0 aliphatic heterocycles. The van der Waals surface area contributed by atoms with Crippen LogP contribution in [-0.2, 0) is 57.0 Å². The first-order chi connectivity index (χ1) is 25.3. The molecule has 0 heterocycles. The van der Waals surface area contributed by atoms with E-state index >= 15 is 0 Å². The highest BCUT2D eigenvalue weighted by Crippen LogP contribution is 2.29. The van der Waals surface area contributed by atoms with E-state index in [-0.39, 0.29) is 39.0 Å². The number of benzene rings is 1. The van der Waals surface area contributed by atoms with Crippen LogP contribution >= 0.6 is 0 Å². The van der Waals surface area contributed by atoms with Gasteiger partial charge in [-0.1, -0.05) is 26.2 Å². The van der Waals surface area contributed by atoms with Gasteiger partial charge >= 0.3 is 11.9 Å².